The van der Waals surface area contributed by atoms with Crippen LogP contribution >= 0.6 is 0 Å². The summed E-state index contributed by atoms with van der Waals surface area (Å²) in [7, 11) is 0. The second-order valence-corrected chi connectivity index (χ2v) is 4.80. The van der Waals surface area contributed by atoms with Gasteiger partial charge in [0.05, 0.1) is 0 Å². The van der Waals surface area contributed by atoms with Crippen LogP contribution < -0.4 is 5.73 Å². The van der Waals surface area contributed by atoms with Gasteiger partial charge >= 0.3 is 0 Å². The maximum Gasteiger partial charge on any atom is 0.126 e. The van der Waals surface area contributed by atoms with Gasteiger partial charge in [-0.1, -0.05) is 0 Å². The third-order valence-corrected chi connectivity index (χ3v) is 3.44. The summed E-state index contributed by atoms with van der Waals surface area (Å²) in [6.07, 6.45) is 0.240. The predicted octanol–water partition coefficient (Wildman–Crippen LogP) is 3.73. The molecule has 1 atom stereocenters. The van der Waals surface area contributed by atoms with Gasteiger partial charge in [0.1, 0.15) is 23.2 Å². The van der Waals surface area contributed by atoms with Crippen LogP contribution in [0.15, 0.2) is 22.6 Å². The Morgan fingerprint density at radius 3 is 2.42 bits per heavy atom. The lowest BCUT2D eigenvalue weighted by molar-refractivity contribution is 0.495. The summed E-state index contributed by atoms with van der Waals surface area (Å²) in [6.45, 7) is 5.61. The summed E-state index contributed by atoms with van der Waals surface area (Å²) in [5.41, 5.74) is 8.24. The van der Waals surface area contributed by atoms with E-state index in [-0.39, 0.29) is 12.0 Å². The maximum absolute atomic E-state index is 13.6. The Kier molecular flexibility index (Phi) is 3.71. The molecule has 19 heavy (non-hydrogen) atoms. The summed E-state index contributed by atoms with van der Waals surface area (Å²) in [6, 6.07) is 3.00. The molecule has 2 rings (SSSR count). The van der Waals surface area contributed by atoms with Gasteiger partial charge in [-0.25, -0.2) is 8.78 Å². The van der Waals surface area contributed by atoms with Gasteiger partial charge < -0.3 is 10.2 Å². The first-order valence-electron chi connectivity index (χ1n) is 6.16. The van der Waals surface area contributed by atoms with Gasteiger partial charge in [0.15, 0.2) is 0 Å². The van der Waals surface area contributed by atoms with Crippen LogP contribution in [0.1, 0.15) is 34.3 Å². The van der Waals surface area contributed by atoms with Crippen LogP contribution in [-0.4, -0.2) is 0 Å². The quantitative estimate of drug-likeness (QED) is 0.918. The summed E-state index contributed by atoms with van der Waals surface area (Å²) >= 11 is 0. The molecule has 0 aliphatic carbocycles. The number of hydrogen-bond donors (Lipinski definition) is 1. The van der Waals surface area contributed by atoms with Gasteiger partial charge in [0, 0.05) is 11.6 Å². The third-order valence-electron chi connectivity index (χ3n) is 3.44. The number of benzene rings is 1. The first kappa shape index (κ1) is 13.7. The number of aryl methyl sites for hydroxylation is 2. The zero-order valence-corrected chi connectivity index (χ0v) is 11.3. The summed E-state index contributed by atoms with van der Waals surface area (Å²) in [5.74, 6) is 0.648. The third kappa shape index (κ3) is 2.68. The Morgan fingerprint density at radius 1 is 1.16 bits per heavy atom. The molecule has 0 saturated heterocycles. The highest BCUT2D eigenvalue weighted by Crippen LogP contribution is 2.28. The van der Waals surface area contributed by atoms with Crippen LogP contribution in [0.4, 0.5) is 8.78 Å². The molecular weight excluding hydrogens is 248 g/mol. The minimum Gasteiger partial charge on any atom is -0.466 e. The van der Waals surface area contributed by atoms with E-state index >= 15 is 0 Å². The minimum atomic E-state index is -0.458. The Bertz CT molecular complexity index is 604. The standard InChI is InChI=1S/C15H17F2NO/c1-8-9(2)19-10(3)15(8)14(18)7-11-6-12(16)4-5-13(11)17/h4-6,14H,7,18H2,1-3H3. The first-order valence-corrected chi connectivity index (χ1v) is 6.16. The second kappa shape index (κ2) is 5.13. The van der Waals surface area contributed by atoms with Crippen molar-refractivity contribution in [2.75, 3.05) is 0 Å². The van der Waals surface area contributed by atoms with Crippen LogP contribution in [0.2, 0.25) is 0 Å². The summed E-state index contributed by atoms with van der Waals surface area (Å²) in [4.78, 5) is 0. The molecule has 1 heterocycles. The molecule has 1 aromatic carbocycles. The lowest BCUT2D eigenvalue weighted by Crippen LogP contribution is -2.15. The fourth-order valence-corrected chi connectivity index (χ4v) is 2.39. The molecule has 0 saturated carbocycles. The van der Waals surface area contributed by atoms with Gasteiger partial charge in [-0.05, 0) is 56.5 Å². The van der Waals surface area contributed by atoms with Crippen molar-refractivity contribution in [1.82, 2.24) is 0 Å². The highest BCUT2D eigenvalue weighted by molar-refractivity contribution is 5.35. The Labute approximate surface area is 111 Å². The molecular formula is C15H17F2NO. The number of hydrogen-bond acceptors (Lipinski definition) is 2. The molecule has 0 fully saturated rings. The molecule has 1 aromatic heterocycles. The van der Waals surface area contributed by atoms with E-state index in [0.29, 0.717) is 0 Å². The minimum absolute atomic E-state index is 0.240. The van der Waals surface area contributed by atoms with Crippen LogP contribution in [0.5, 0.6) is 0 Å². The van der Waals surface area contributed by atoms with E-state index in [1.165, 1.54) is 6.07 Å². The Morgan fingerprint density at radius 2 is 1.84 bits per heavy atom. The second-order valence-electron chi connectivity index (χ2n) is 4.80. The van der Waals surface area contributed by atoms with Crippen molar-refractivity contribution in [2.45, 2.75) is 33.2 Å². The van der Waals surface area contributed by atoms with Gasteiger partial charge in [-0.2, -0.15) is 0 Å². The number of nitrogens with two attached hydrogens (primary N) is 1. The maximum atomic E-state index is 13.6. The summed E-state index contributed by atoms with van der Waals surface area (Å²) in [5, 5.41) is 0. The molecule has 0 spiro atoms. The molecule has 102 valence electrons. The molecule has 0 bridgehead atoms. The topological polar surface area (TPSA) is 39.2 Å². The highest BCUT2D eigenvalue weighted by atomic mass is 19.1. The fourth-order valence-electron chi connectivity index (χ4n) is 2.39. The van der Waals surface area contributed by atoms with Crippen molar-refractivity contribution in [3.05, 3.63) is 58.0 Å². The van der Waals surface area contributed by atoms with Crippen molar-refractivity contribution in [3.8, 4) is 0 Å². The molecule has 4 heteroatoms. The smallest absolute Gasteiger partial charge is 0.126 e. The van der Waals surface area contributed by atoms with E-state index in [4.69, 9.17) is 10.2 Å². The van der Waals surface area contributed by atoms with Gasteiger partial charge in [0.2, 0.25) is 0 Å². The highest BCUT2D eigenvalue weighted by Gasteiger charge is 2.19. The number of rotatable bonds is 3. The van der Waals surface area contributed by atoms with Crippen molar-refractivity contribution >= 4 is 0 Å². The first-order chi connectivity index (χ1) is 8.90. The van der Waals surface area contributed by atoms with Crippen molar-refractivity contribution < 1.29 is 13.2 Å². The largest absolute Gasteiger partial charge is 0.466 e. The van der Waals surface area contributed by atoms with Crippen LogP contribution in [-0.2, 0) is 6.42 Å². The van der Waals surface area contributed by atoms with Crippen LogP contribution in [0.3, 0.4) is 0 Å². The lowest BCUT2D eigenvalue weighted by atomic mass is 9.96. The average molecular weight is 265 g/mol. The molecule has 1 unspecified atom stereocenters. The molecule has 0 aliphatic heterocycles. The predicted molar refractivity (Wildman–Crippen MR) is 69.9 cm³/mol. The Balaban J connectivity index is 2.30. The number of halogens is 2. The Hall–Kier alpha value is -1.68. The van der Waals surface area contributed by atoms with E-state index in [1.807, 2.05) is 20.8 Å². The van der Waals surface area contributed by atoms with E-state index in [0.717, 1.165) is 34.8 Å². The molecule has 2 N–H and O–H groups in total. The number of furan rings is 1. The molecule has 2 nitrogen and oxygen atoms in total. The normalized spacial score (nSPS) is 12.7. The van der Waals surface area contributed by atoms with E-state index in [2.05, 4.69) is 0 Å². The summed E-state index contributed by atoms with van der Waals surface area (Å²) < 4.78 is 32.3. The average Bonchev–Trinajstić information content (AvgIpc) is 2.58. The molecule has 2 aromatic rings. The van der Waals surface area contributed by atoms with Crippen molar-refractivity contribution in [2.24, 2.45) is 5.73 Å². The van der Waals surface area contributed by atoms with Gasteiger partial charge in [-0.15, -0.1) is 0 Å². The van der Waals surface area contributed by atoms with Crippen LogP contribution in [0, 0.1) is 32.4 Å². The lowest BCUT2D eigenvalue weighted by Gasteiger charge is -2.13. The van der Waals surface area contributed by atoms with E-state index < -0.39 is 17.7 Å². The van der Waals surface area contributed by atoms with Crippen molar-refractivity contribution in [3.63, 3.8) is 0 Å². The van der Waals surface area contributed by atoms with Gasteiger partial charge in [-0.3, -0.25) is 0 Å². The molecule has 0 radical (unpaired) electrons. The zero-order chi connectivity index (χ0) is 14.2. The van der Waals surface area contributed by atoms with Crippen molar-refractivity contribution in [1.29, 1.82) is 0 Å². The molecule has 0 amide bonds. The van der Waals surface area contributed by atoms with E-state index in [9.17, 15) is 8.78 Å². The van der Waals surface area contributed by atoms with E-state index in [1.54, 1.807) is 0 Å². The SMILES string of the molecule is Cc1oc(C)c(C(N)Cc2cc(F)ccc2F)c1C. The van der Waals surface area contributed by atoms with Gasteiger partial charge in [0.25, 0.3) is 0 Å². The molecule has 0 aliphatic rings. The zero-order valence-electron chi connectivity index (χ0n) is 11.3. The monoisotopic (exact) mass is 265 g/mol. The van der Waals surface area contributed by atoms with Crippen LogP contribution in [0.25, 0.3) is 0 Å². The fraction of sp³-hybridized carbons (Fsp3) is 0.333.